The average Bonchev–Trinajstić information content (AvgIpc) is 2.79. The number of ether oxygens (including phenoxy) is 1. The second-order valence-corrected chi connectivity index (χ2v) is 4.35. The molecular formula is C10H9BrO. The zero-order chi connectivity index (χ0) is 8.18. The van der Waals surface area contributed by atoms with Gasteiger partial charge in [-0.25, -0.2) is 0 Å². The maximum Gasteiger partial charge on any atom is 0.139 e. The van der Waals surface area contributed by atoms with Crippen LogP contribution < -0.4 is 0 Å². The van der Waals surface area contributed by atoms with Crippen molar-refractivity contribution in [3.05, 3.63) is 35.4 Å². The van der Waals surface area contributed by atoms with Crippen molar-refractivity contribution in [3.8, 4) is 0 Å². The Kier molecular flexibility index (Phi) is 1.25. The third kappa shape index (κ3) is 0.771. The van der Waals surface area contributed by atoms with Gasteiger partial charge in [-0.3, -0.25) is 0 Å². The molecule has 1 aromatic rings. The first-order valence-corrected chi connectivity index (χ1v) is 5.15. The van der Waals surface area contributed by atoms with Crippen molar-refractivity contribution in [2.75, 3.05) is 0 Å². The molecule has 0 radical (unpaired) electrons. The largest absolute Gasteiger partial charge is 0.351 e. The van der Waals surface area contributed by atoms with Gasteiger partial charge in [-0.15, -0.1) is 0 Å². The predicted octanol–water partition coefficient (Wildman–Crippen LogP) is 3.10. The lowest BCUT2D eigenvalue weighted by Crippen LogP contribution is -2.02. The van der Waals surface area contributed by atoms with E-state index in [1.807, 2.05) is 0 Å². The lowest BCUT2D eigenvalue weighted by molar-refractivity contribution is 0.0420. The maximum atomic E-state index is 5.85. The number of fused-ring (bicyclic) bond motifs is 2. The van der Waals surface area contributed by atoms with Crippen molar-refractivity contribution in [3.63, 3.8) is 0 Å². The number of rotatable bonds is 0. The molecule has 0 bridgehead atoms. The zero-order valence-corrected chi connectivity index (χ0v) is 8.17. The van der Waals surface area contributed by atoms with E-state index in [1.54, 1.807) is 0 Å². The Bertz CT molecular complexity index is 330. The van der Waals surface area contributed by atoms with Gasteiger partial charge < -0.3 is 4.74 Å². The smallest absolute Gasteiger partial charge is 0.139 e. The highest BCUT2D eigenvalue weighted by atomic mass is 79.9. The highest BCUT2D eigenvalue weighted by molar-refractivity contribution is 9.09. The third-order valence-electron chi connectivity index (χ3n) is 2.73. The molecule has 1 aromatic carbocycles. The van der Waals surface area contributed by atoms with E-state index in [4.69, 9.17) is 4.74 Å². The molecule has 3 rings (SSSR count). The molecule has 1 unspecified atom stereocenters. The molecule has 0 saturated heterocycles. The number of benzene rings is 1. The first-order chi connectivity index (χ1) is 5.82. The van der Waals surface area contributed by atoms with E-state index in [9.17, 15) is 0 Å². The normalized spacial score (nSPS) is 28.9. The van der Waals surface area contributed by atoms with Crippen LogP contribution in [0.15, 0.2) is 24.3 Å². The highest BCUT2D eigenvalue weighted by Crippen LogP contribution is 2.59. The molecule has 1 atom stereocenters. The fourth-order valence-electron chi connectivity index (χ4n) is 1.94. The zero-order valence-electron chi connectivity index (χ0n) is 6.59. The van der Waals surface area contributed by atoms with Crippen molar-refractivity contribution in [1.29, 1.82) is 0 Å². The molecule has 1 aliphatic heterocycles. The van der Waals surface area contributed by atoms with Gasteiger partial charge in [0.1, 0.15) is 5.01 Å². The molecule has 0 N–H and O–H groups in total. The summed E-state index contributed by atoms with van der Waals surface area (Å²) < 4.78 is 5.85. The summed E-state index contributed by atoms with van der Waals surface area (Å²) in [6.07, 6.45) is 2.37. The molecule has 1 heterocycles. The van der Waals surface area contributed by atoms with Gasteiger partial charge in [-0.2, -0.15) is 0 Å². The first kappa shape index (κ1) is 7.10. The van der Waals surface area contributed by atoms with Crippen LogP contribution in [0.1, 0.15) is 29.0 Å². The standard InChI is InChI=1S/C10H9BrO/c11-9-7-3-1-2-4-8(7)10(12-9)5-6-10/h1-4,9H,5-6H2. The van der Waals surface area contributed by atoms with E-state index in [1.165, 1.54) is 24.0 Å². The molecule has 2 aliphatic rings. The molecule has 62 valence electrons. The predicted molar refractivity (Wildman–Crippen MR) is 50.1 cm³/mol. The van der Waals surface area contributed by atoms with Crippen molar-refractivity contribution in [1.82, 2.24) is 0 Å². The molecule has 1 saturated carbocycles. The molecular weight excluding hydrogens is 216 g/mol. The lowest BCUT2D eigenvalue weighted by Gasteiger charge is -2.06. The van der Waals surface area contributed by atoms with Crippen LogP contribution >= 0.6 is 15.9 Å². The number of hydrogen-bond donors (Lipinski definition) is 0. The van der Waals surface area contributed by atoms with Gasteiger partial charge in [-0.05, 0) is 24.0 Å². The number of hydrogen-bond acceptors (Lipinski definition) is 1. The van der Waals surface area contributed by atoms with Crippen LogP contribution in [0.4, 0.5) is 0 Å². The third-order valence-corrected chi connectivity index (χ3v) is 3.41. The van der Waals surface area contributed by atoms with E-state index in [-0.39, 0.29) is 10.6 Å². The summed E-state index contributed by atoms with van der Waals surface area (Å²) >= 11 is 3.53. The van der Waals surface area contributed by atoms with Gasteiger partial charge in [0.05, 0.1) is 5.60 Å². The van der Waals surface area contributed by atoms with E-state index in [0.29, 0.717) is 0 Å². The molecule has 2 heteroatoms. The van der Waals surface area contributed by atoms with Crippen molar-refractivity contribution >= 4 is 15.9 Å². The molecule has 0 aromatic heterocycles. The molecule has 0 amide bonds. The Morgan fingerprint density at radius 3 is 2.83 bits per heavy atom. The van der Waals surface area contributed by atoms with Gasteiger partial charge in [0.2, 0.25) is 0 Å². The minimum Gasteiger partial charge on any atom is -0.351 e. The Balaban J connectivity index is 2.21. The second-order valence-electron chi connectivity index (χ2n) is 3.52. The molecule has 1 fully saturated rings. The lowest BCUT2D eigenvalue weighted by atomic mass is 10.0. The monoisotopic (exact) mass is 224 g/mol. The first-order valence-electron chi connectivity index (χ1n) is 4.23. The van der Waals surface area contributed by atoms with Gasteiger partial charge in [-0.1, -0.05) is 40.2 Å². The van der Waals surface area contributed by atoms with Crippen molar-refractivity contribution in [2.45, 2.75) is 23.5 Å². The van der Waals surface area contributed by atoms with E-state index >= 15 is 0 Å². The van der Waals surface area contributed by atoms with Crippen LogP contribution in [0.25, 0.3) is 0 Å². The van der Waals surface area contributed by atoms with Gasteiger partial charge in [0.15, 0.2) is 0 Å². The Hall–Kier alpha value is -0.340. The topological polar surface area (TPSA) is 9.23 Å². The second kappa shape index (κ2) is 2.12. The van der Waals surface area contributed by atoms with Crippen LogP contribution in [0.5, 0.6) is 0 Å². The fourth-order valence-corrected chi connectivity index (χ4v) is 2.69. The number of alkyl halides is 1. The summed E-state index contributed by atoms with van der Waals surface area (Å²) in [5.74, 6) is 0. The SMILES string of the molecule is BrC1OC2(CC2)c2ccccc21. The fraction of sp³-hybridized carbons (Fsp3) is 0.400. The molecule has 1 nitrogen and oxygen atoms in total. The van der Waals surface area contributed by atoms with Crippen molar-refractivity contribution < 1.29 is 4.74 Å². The average molecular weight is 225 g/mol. The van der Waals surface area contributed by atoms with E-state index in [2.05, 4.69) is 40.2 Å². The summed E-state index contributed by atoms with van der Waals surface area (Å²) in [5, 5.41) is 0.121. The van der Waals surface area contributed by atoms with Crippen molar-refractivity contribution in [2.24, 2.45) is 0 Å². The minimum absolute atomic E-state index is 0.102. The van der Waals surface area contributed by atoms with Gasteiger partial charge in [0.25, 0.3) is 0 Å². The molecule has 12 heavy (non-hydrogen) atoms. The van der Waals surface area contributed by atoms with Crippen LogP contribution in [0.2, 0.25) is 0 Å². The summed E-state index contributed by atoms with van der Waals surface area (Å²) in [6.45, 7) is 0. The van der Waals surface area contributed by atoms with Crippen LogP contribution in [0.3, 0.4) is 0 Å². The van der Waals surface area contributed by atoms with Gasteiger partial charge >= 0.3 is 0 Å². The molecule has 1 aliphatic carbocycles. The summed E-state index contributed by atoms with van der Waals surface area (Å²) in [7, 11) is 0. The minimum atomic E-state index is 0.102. The van der Waals surface area contributed by atoms with Crippen LogP contribution in [-0.2, 0) is 10.3 Å². The van der Waals surface area contributed by atoms with E-state index in [0.717, 1.165) is 0 Å². The number of halogens is 1. The summed E-state index contributed by atoms with van der Waals surface area (Å²) in [5.41, 5.74) is 2.81. The summed E-state index contributed by atoms with van der Waals surface area (Å²) in [4.78, 5) is 0. The quantitative estimate of drug-likeness (QED) is 0.616. The highest BCUT2D eigenvalue weighted by Gasteiger charge is 2.53. The Morgan fingerprint density at radius 1 is 1.33 bits per heavy atom. The van der Waals surface area contributed by atoms with Crippen LogP contribution in [0, 0.1) is 0 Å². The Labute approximate surface area is 79.9 Å². The van der Waals surface area contributed by atoms with Crippen LogP contribution in [-0.4, -0.2) is 0 Å². The van der Waals surface area contributed by atoms with Gasteiger partial charge in [0, 0.05) is 0 Å². The maximum absolute atomic E-state index is 5.85. The molecule has 1 spiro atoms. The Morgan fingerprint density at radius 2 is 2.08 bits per heavy atom. The summed E-state index contributed by atoms with van der Waals surface area (Å²) in [6, 6.07) is 8.48. The van der Waals surface area contributed by atoms with E-state index < -0.39 is 0 Å².